The summed E-state index contributed by atoms with van der Waals surface area (Å²) in [5.74, 6) is 0.539. The van der Waals surface area contributed by atoms with Gasteiger partial charge in [0.2, 0.25) is 0 Å². The summed E-state index contributed by atoms with van der Waals surface area (Å²) < 4.78 is 19.2. The van der Waals surface area contributed by atoms with Crippen LogP contribution >= 0.6 is 11.8 Å². The first-order chi connectivity index (χ1) is 8.16. The van der Waals surface area contributed by atoms with Gasteiger partial charge in [-0.3, -0.25) is 0 Å². The molecule has 0 aromatic heterocycles. The number of halogens is 1. The van der Waals surface area contributed by atoms with Gasteiger partial charge < -0.3 is 9.84 Å². The number of hydrogen-bond acceptors (Lipinski definition) is 3. The summed E-state index contributed by atoms with van der Waals surface area (Å²) in [6.45, 7) is 2.46. The van der Waals surface area contributed by atoms with E-state index in [1.165, 1.54) is 17.8 Å². The third kappa shape index (κ3) is 3.44. The summed E-state index contributed by atoms with van der Waals surface area (Å²) in [7, 11) is 0. The second-order valence-corrected chi connectivity index (χ2v) is 5.37. The van der Waals surface area contributed by atoms with Gasteiger partial charge in [-0.15, -0.1) is 11.8 Å². The fourth-order valence-electron chi connectivity index (χ4n) is 1.85. The number of ether oxygens (including phenoxy) is 1. The van der Waals surface area contributed by atoms with Gasteiger partial charge in [-0.25, -0.2) is 4.39 Å². The van der Waals surface area contributed by atoms with E-state index in [2.05, 4.69) is 0 Å². The van der Waals surface area contributed by atoms with Crippen molar-refractivity contribution in [2.45, 2.75) is 36.9 Å². The van der Waals surface area contributed by atoms with E-state index in [-0.39, 0.29) is 11.9 Å². The summed E-state index contributed by atoms with van der Waals surface area (Å²) in [6, 6.07) is 4.91. The lowest BCUT2D eigenvalue weighted by Crippen LogP contribution is -2.08. The molecule has 17 heavy (non-hydrogen) atoms. The topological polar surface area (TPSA) is 29.5 Å². The van der Waals surface area contributed by atoms with Crippen LogP contribution in [0.15, 0.2) is 23.1 Å². The zero-order valence-corrected chi connectivity index (χ0v) is 10.7. The molecule has 1 heterocycles. The van der Waals surface area contributed by atoms with Crippen molar-refractivity contribution in [2.75, 3.05) is 12.4 Å². The monoisotopic (exact) mass is 256 g/mol. The molecule has 1 aliphatic heterocycles. The van der Waals surface area contributed by atoms with Crippen LogP contribution < -0.4 is 0 Å². The van der Waals surface area contributed by atoms with Crippen LogP contribution in [0.4, 0.5) is 4.39 Å². The van der Waals surface area contributed by atoms with Gasteiger partial charge in [0.25, 0.3) is 0 Å². The molecule has 1 aromatic carbocycles. The summed E-state index contributed by atoms with van der Waals surface area (Å²) in [5, 5.41) is 9.35. The second-order valence-electron chi connectivity index (χ2n) is 4.31. The predicted molar refractivity (Wildman–Crippen MR) is 66.7 cm³/mol. The maximum absolute atomic E-state index is 13.7. The predicted octanol–water partition coefficient (Wildman–Crippen LogP) is 3.15. The molecule has 0 radical (unpaired) electrons. The molecule has 2 rings (SSSR count). The first-order valence-electron chi connectivity index (χ1n) is 5.88. The van der Waals surface area contributed by atoms with Crippen LogP contribution in [0.5, 0.6) is 0 Å². The van der Waals surface area contributed by atoms with Gasteiger partial charge in [0.15, 0.2) is 0 Å². The Balaban J connectivity index is 1.96. The van der Waals surface area contributed by atoms with Crippen LogP contribution in [-0.2, 0) is 4.74 Å². The van der Waals surface area contributed by atoms with E-state index in [1.807, 2.05) is 0 Å². The lowest BCUT2D eigenvalue weighted by atomic mass is 10.1. The molecule has 0 aliphatic carbocycles. The SMILES string of the molecule is C[C@@H](O)c1ccc(SCC2CCCO2)c(F)c1. The maximum Gasteiger partial charge on any atom is 0.137 e. The fraction of sp³-hybridized carbons (Fsp3) is 0.538. The molecule has 4 heteroatoms. The minimum atomic E-state index is -0.623. The minimum absolute atomic E-state index is 0.258. The van der Waals surface area contributed by atoms with Gasteiger partial charge in [0.1, 0.15) is 5.82 Å². The quantitative estimate of drug-likeness (QED) is 0.839. The molecule has 1 fully saturated rings. The molecule has 1 unspecified atom stereocenters. The normalized spacial score (nSPS) is 21.7. The highest BCUT2D eigenvalue weighted by Crippen LogP contribution is 2.27. The van der Waals surface area contributed by atoms with Crippen molar-refractivity contribution < 1.29 is 14.2 Å². The number of benzene rings is 1. The van der Waals surface area contributed by atoms with Gasteiger partial charge in [-0.05, 0) is 37.5 Å². The third-order valence-electron chi connectivity index (χ3n) is 2.89. The summed E-state index contributed by atoms with van der Waals surface area (Å²) in [4.78, 5) is 0.630. The van der Waals surface area contributed by atoms with Gasteiger partial charge in [0.05, 0.1) is 12.2 Å². The lowest BCUT2D eigenvalue weighted by Gasteiger charge is -2.10. The fourth-order valence-corrected chi connectivity index (χ4v) is 2.84. The highest BCUT2D eigenvalue weighted by Gasteiger charge is 2.16. The van der Waals surface area contributed by atoms with Crippen LogP contribution in [-0.4, -0.2) is 23.6 Å². The zero-order valence-electron chi connectivity index (χ0n) is 9.86. The number of aliphatic hydroxyl groups is 1. The average molecular weight is 256 g/mol. The molecule has 2 atom stereocenters. The van der Waals surface area contributed by atoms with Crippen LogP contribution in [0, 0.1) is 5.82 Å². The van der Waals surface area contributed by atoms with Crippen molar-refractivity contribution in [3.8, 4) is 0 Å². The summed E-state index contributed by atoms with van der Waals surface area (Å²) in [5.41, 5.74) is 0.615. The lowest BCUT2D eigenvalue weighted by molar-refractivity contribution is 0.129. The van der Waals surface area contributed by atoms with E-state index in [1.54, 1.807) is 19.1 Å². The number of aliphatic hydroxyl groups excluding tert-OH is 1. The number of hydrogen-bond donors (Lipinski definition) is 1. The van der Waals surface area contributed by atoms with E-state index in [0.717, 1.165) is 25.2 Å². The Morgan fingerprint density at radius 3 is 3.00 bits per heavy atom. The summed E-state index contributed by atoms with van der Waals surface area (Å²) >= 11 is 1.48. The van der Waals surface area contributed by atoms with Crippen molar-refractivity contribution in [3.63, 3.8) is 0 Å². The second kappa shape index (κ2) is 5.85. The number of thioether (sulfide) groups is 1. The van der Waals surface area contributed by atoms with Crippen molar-refractivity contribution in [2.24, 2.45) is 0 Å². The molecule has 1 saturated heterocycles. The molecule has 0 amide bonds. The number of rotatable bonds is 4. The van der Waals surface area contributed by atoms with Crippen molar-refractivity contribution >= 4 is 11.8 Å². The third-order valence-corrected chi connectivity index (χ3v) is 4.07. The molecule has 94 valence electrons. The smallest absolute Gasteiger partial charge is 0.137 e. The molecule has 1 aromatic rings. The molecule has 0 spiro atoms. The largest absolute Gasteiger partial charge is 0.389 e. The van der Waals surface area contributed by atoms with Crippen LogP contribution in [0.25, 0.3) is 0 Å². The summed E-state index contributed by atoms with van der Waals surface area (Å²) in [6.07, 6.45) is 1.81. The van der Waals surface area contributed by atoms with Gasteiger partial charge in [-0.2, -0.15) is 0 Å². The van der Waals surface area contributed by atoms with Crippen LogP contribution in [0.1, 0.15) is 31.4 Å². The van der Waals surface area contributed by atoms with Gasteiger partial charge >= 0.3 is 0 Å². The molecule has 2 nitrogen and oxygen atoms in total. The maximum atomic E-state index is 13.7. The van der Waals surface area contributed by atoms with E-state index in [9.17, 15) is 9.50 Å². The highest BCUT2D eigenvalue weighted by atomic mass is 32.2. The Bertz CT molecular complexity index is 376. The molecule has 0 bridgehead atoms. The highest BCUT2D eigenvalue weighted by molar-refractivity contribution is 7.99. The van der Waals surface area contributed by atoms with Crippen molar-refractivity contribution in [3.05, 3.63) is 29.6 Å². The zero-order chi connectivity index (χ0) is 12.3. The average Bonchev–Trinajstić information content (AvgIpc) is 2.80. The molecular formula is C13H17FO2S. The van der Waals surface area contributed by atoms with Crippen LogP contribution in [0.3, 0.4) is 0 Å². The van der Waals surface area contributed by atoms with E-state index in [0.29, 0.717) is 10.5 Å². The first kappa shape index (κ1) is 12.9. The van der Waals surface area contributed by atoms with Gasteiger partial charge in [-0.1, -0.05) is 6.07 Å². The Kier molecular flexibility index (Phi) is 4.42. The molecule has 1 aliphatic rings. The Labute approximate surface area is 105 Å². The minimum Gasteiger partial charge on any atom is -0.389 e. The van der Waals surface area contributed by atoms with E-state index < -0.39 is 6.10 Å². The van der Waals surface area contributed by atoms with Crippen LogP contribution in [0.2, 0.25) is 0 Å². The van der Waals surface area contributed by atoms with Gasteiger partial charge in [0, 0.05) is 17.3 Å². The Morgan fingerprint density at radius 1 is 1.59 bits per heavy atom. The first-order valence-corrected chi connectivity index (χ1v) is 6.87. The molecule has 0 saturated carbocycles. The Morgan fingerprint density at radius 2 is 2.41 bits per heavy atom. The Hall–Kier alpha value is -0.580. The van der Waals surface area contributed by atoms with Crippen molar-refractivity contribution in [1.29, 1.82) is 0 Å². The molecule has 1 N–H and O–H groups in total. The van der Waals surface area contributed by atoms with E-state index >= 15 is 0 Å². The van der Waals surface area contributed by atoms with E-state index in [4.69, 9.17) is 4.74 Å². The van der Waals surface area contributed by atoms with Crippen molar-refractivity contribution in [1.82, 2.24) is 0 Å². The molecular weight excluding hydrogens is 239 g/mol. The standard InChI is InChI=1S/C13H17FO2S/c1-9(15)10-4-5-13(12(14)7-10)17-8-11-3-2-6-16-11/h4-5,7,9,11,15H,2-3,6,8H2,1H3/t9-,11?/m1/s1.